The molecule has 0 saturated heterocycles. The summed E-state index contributed by atoms with van der Waals surface area (Å²) in [5.41, 5.74) is 0. The standard InChI is InChI=1S/C17H16ClN3O3S/c1-2-13(23-12-7-5-11(18)6-8-12)17(22)19-10-15-20-16(21-24-15)14-4-3-9-25-14/h3-9,13H,2,10H2,1H3,(H,19,22)/t13-/m0/s1. The van der Waals surface area contributed by atoms with Crippen molar-refractivity contribution in [2.24, 2.45) is 0 Å². The minimum atomic E-state index is -0.610. The molecule has 0 spiro atoms. The molecule has 25 heavy (non-hydrogen) atoms. The number of halogens is 1. The highest BCUT2D eigenvalue weighted by atomic mass is 35.5. The van der Waals surface area contributed by atoms with Crippen molar-refractivity contribution < 1.29 is 14.1 Å². The molecule has 130 valence electrons. The van der Waals surface area contributed by atoms with Gasteiger partial charge < -0.3 is 14.6 Å². The van der Waals surface area contributed by atoms with Crippen LogP contribution in [0.2, 0.25) is 5.02 Å². The van der Waals surface area contributed by atoms with Crippen LogP contribution in [0.15, 0.2) is 46.3 Å². The van der Waals surface area contributed by atoms with Crippen molar-refractivity contribution in [1.29, 1.82) is 0 Å². The Balaban J connectivity index is 1.56. The van der Waals surface area contributed by atoms with E-state index in [0.29, 0.717) is 28.9 Å². The summed E-state index contributed by atoms with van der Waals surface area (Å²) in [7, 11) is 0. The minimum Gasteiger partial charge on any atom is -0.481 e. The number of hydrogen-bond acceptors (Lipinski definition) is 6. The highest BCUT2D eigenvalue weighted by Gasteiger charge is 2.19. The fourth-order valence-corrected chi connectivity index (χ4v) is 2.88. The van der Waals surface area contributed by atoms with Gasteiger partial charge in [-0.2, -0.15) is 4.98 Å². The third kappa shape index (κ3) is 4.58. The molecule has 0 fully saturated rings. The molecule has 6 nitrogen and oxygen atoms in total. The molecule has 3 rings (SSSR count). The molecule has 0 saturated carbocycles. The molecule has 0 radical (unpaired) electrons. The Morgan fingerprint density at radius 3 is 2.84 bits per heavy atom. The summed E-state index contributed by atoms with van der Waals surface area (Å²) >= 11 is 7.37. The summed E-state index contributed by atoms with van der Waals surface area (Å²) in [6.45, 7) is 2.03. The molecular formula is C17H16ClN3O3S. The van der Waals surface area contributed by atoms with E-state index in [0.717, 1.165) is 4.88 Å². The van der Waals surface area contributed by atoms with Crippen molar-refractivity contribution in [1.82, 2.24) is 15.5 Å². The van der Waals surface area contributed by atoms with E-state index in [1.165, 1.54) is 11.3 Å². The lowest BCUT2D eigenvalue weighted by atomic mass is 10.2. The number of ether oxygens (including phenoxy) is 1. The molecule has 0 bridgehead atoms. The van der Waals surface area contributed by atoms with E-state index >= 15 is 0 Å². The second-order valence-electron chi connectivity index (χ2n) is 5.18. The Bertz CT molecular complexity index is 818. The number of carbonyl (C=O) groups is 1. The monoisotopic (exact) mass is 377 g/mol. The highest BCUT2D eigenvalue weighted by Crippen LogP contribution is 2.21. The van der Waals surface area contributed by atoms with Crippen LogP contribution in [0.5, 0.6) is 5.75 Å². The van der Waals surface area contributed by atoms with Crippen LogP contribution < -0.4 is 10.1 Å². The summed E-state index contributed by atoms with van der Waals surface area (Å²) in [6.07, 6.45) is -0.0838. The number of nitrogens with zero attached hydrogens (tertiary/aromatic N) is 2. The van der Waals surface area contributed by atoms with E-state index in [2.05, 4.69) is 15.5 Å². The van der Waals surface area contributed by atoms with E-state index < -0.39 is 6.10 Å². The average molecular weight is 378 g/mol. The molecule has 1 N–H and O–H groups in total. The maximum atomic E-state index is 12.3. The van der Waals surface area contributed by atoms with E-state index in [4.69, 9.17) is 20.9 Å². The number of aromatic nitrogens is 2. The first kappa shape index (κ1) is 17.4. The van der Waals surface area contributed by atoms with Crippen LogP contribution >= 0.6 is 22.9 Å². The molecule has 2 heterocycles. The molecule has 1 atom stereocenters. The Hall–Kier alpha value is -2.38. The number of rotatable bonds is 7. The van der Waals surface area contributed by atoms with Gasteiger partial charge in [-0.05, 0) is 42.1 Å². The van der Waals surface area contributed by atoms with Crippen LogP contribution in [-0.2, 0) is 11.3 Å². The molecule has 0 aliphatic heterocycles. The number of hydrogen-bond donors (Lipinski definition) is 1. The van der Waals surface area contributed by atoms with Gasteiger partial charge in [0.25, 0.3) is 5.91 Å². The lowest BCUT2D eigenvalue weighted by Crippen LogP contribution is -2.37. The predicted octanol–water partition coefficient (Wildman–Crippen LogP) is 3.93. The maximum Gasteiger partial charge on any atom is 0.261 e. The normalized spacial score (nSPS) is 11.9. The molecule has 1 amide bonds. The third-order valence-electron chi connectivity index (χ3n) is 3.38. The van der Waals surface area contributed by atoms with Gasteiger partial charge in [0.05, 0.1) is 11.4 Å². The molecule has 2 aromatic heterocycles. The van der Waals surface area contributed by atoms with Gasteiger partial charge in [0, 0.05) is 5.02 Å². The molecule has 0 unspecified atom stereocenters. The third-order valence-corrected chi connectivity index (χ3v) is 4.50. The maximum absolute atomic E-state index is 12.3. The molecular weight excluding hydrogens is 362 g/mol. The fourth-order valence-electron chi connectivity index (χ4n) is 2.11. The second-order valence-corrected chi connectivity index (χ2v) is 6.56. The van der Waals surface area contributed by atoms with Gasteiger partial charge in [0.2, 0.25) is 11.7 Å². The number of amides is 1. The van der Waals surface area contributed by atoms with Gasteiger partial charge >= 0.3 is 0 Å². The Morgan fingerprint density at radius 2 is 2.16 bits per heavy atom. The lowest BCUT2D eigenvalue weighted by molar-refractivity contribution is -0.128. The van der Waals surface area contributed by atoms with Crippen molar-refractivity contribution in [2.75, 3.05) is 0 Å². The summed E-state index contributed by atoms with van der Waals surface area (Å²) in [5, 5.41) is 9.22. The van der Waals surface area contributed by atoms with Crippen molar-refractivity contribution in [3.63, 3.8) is 0 Å². The summed E-state index contributed by atoms with van der Waals surface area (Å²) in [4.78, 5) is 17.5. The van der Waals surface area contributed by atoms with Crippen molar-refractivity contribution in [3.05, 3.63) is 52.7 Å². The number of nitrogens with one attached hydrogen (secondary N) is 1. The second kappa shape index (κ2) is 8.13. The van der Waals surface area contributed by atoms with E-state index in [9.17, 15) is 4.79 Å². The Labute approximate surface area is 153 Å². The van der Waals surface area contributed by atoms with E-state index in [1.54, 1.807) is 24.3 Å². The highest BCUT2D eigenvalue weighted by molar-refractivity contribution is 7.13. The van der Waals surface area contributed by atoms with Crippen molar-refractivity contribution >= 4 is 28.8 Å². The van der Waals surface area contributed by atoms with Gasteiger partial charge in [-0.25, -0.2) is 0 Å². The van der Waals surface area contributed by atoms with Gasteiger partial charge in [-0.1, -0.05) is 29.7 Å². The number of benzene rings is 1. The van der Waals surface area contributed by atoms with Crippen LogP contribution in [0.3, 0.4) is 0 Å². The van der Waals surface area contributed by atoms with Gasteiger partial charge in [0.1, 0.15) is 5.75 Å². The van der Waals surface area contributed by atoms with Crippen LogP contribution in [0.4, 0.5) is 0 Å². The number of carbonyl (C=O) groups excluding carboxylic acids is 1. The van der Waals surface area contributed by atoms with E-state index in [1.807, 2.05) is 24.4 Å². The van der Waals surface area contributed by atoms with Gasteiger partial charge in [0.15, 0.2) is 6.10 Å². The zero-order valence-corrected chi connectivity index (χ0v) is 15.0. The number of thiophene rings is 1. The van der Waals surface area contributed by atoms with Crippen LogP contribution in [-0.4, -0.2) is 22.2 Å². The topological polar surface area (TPSA) is 77.2 Å². The quantitative estimate of drug-likeness (QED) is 0.675. The molecule has 0 aliphatic rings. The zero-order valence-electron chi connectivity index (χ0n) is 13.4. The molecule has 0 aliphatic carbocycles. The first-order valence-corrected chi connectivity index (χ1v) is 8.98. The average Bonchev–Trinajstić information content (AvgIpc) is 3.30. The van der Waals surface area contributed by atoms with Gasteiger partial charge in [-0.3, -0.25) is 4.79 Å². The minimum absolute atomic E-state index is 0.150. The largest absolute Gasteiger partial charge is 0.481 e. The predicted molar refractivity (Wildman–Crippen MR) is 95.6 cm³/mol. The van der Waals surface area contributed by atoms with E-state index in [-0.39, 0.29) is 12.5 Å². The molecule has 3 aromatic rings. The van der Waals surface area contributed by atoms with Crippen molar-refractivity contribution in [2.45, 2.75) is 26.0 Å². The van der Waals surface area contributed by atoms with Gasteiger partial charge in [-0.15, -0.1) is 11.3 Å². The lowest BCUT2D eigenvalue weighted by Gasteiger charge is -2.16. The Morgan fingerprint density at radius 1 is 1.36 bits per heavy atom. The SMILES string of the molecule is CC[C@H](Oc1ccc(Cl)cc1)C(=O)NCc1nc(-c2cccs2)no1. The van der Waals surface area contributed by atoms with Crippen LogP contribution in [0.1, 0.15) is 19.2 Å². The summed E-state index contributed by atoms with van der Waals surface area (Å²) in [5.74, 6) is 1.21. The zero-order chi connectivity index (χ0) is 17.6. The smallest absolute Gasteiger partial charge is 0.261 e. The molecule has 1 aromatic carbocycles. The van der Waals surface area contributed by atoms with Crippen molar-refractivity contribution in [3.8, 4) is 16.5 Å². The van der Waals surface area contributed by atoms with Crippen LogP contribution in [0.25, 0.3) is 10.7 Å². The fraction of sp³-hybridized carbons (Fsp3) is 0.235. The first-order chi connectivity index (χ1) is 12.2. The molecule has 8 heteroatoms. The van der Waals surface area contributed by atoms with Crippen LogP contribution in [0, 0.1) is 0 Å². The Kier molecular flexibility index (Phi) is 5.67. The summed E-state index contributed by atoms with van der Waals surface area (Å²) in [6, 6.07) is 10.7. The summed E-state index contributed by atoms with van der Waals surface area (Å²) < 4.78 is 10.9. The first-order valence-electron chi connectivity index (χ1n) is 7.72.